The van der Waals surface area contributed by atoms with Crippen molar-refractivity contribution in [2.24, 2.45) is 0 Å². The minimum absolute atomic E-state index is 0.0160. The third-order valence-electron chi connectivity index (χ3n) is 4.56. The molecular weight excluding hydrogens is 300 g/mol. The minimum Gasteiger partial charge on any atom is -0.373 e. The van der Waals surface area contributed by atoms with E-state index < -0.39 is 10.2 Å². The summed E-state index contributed by atoms with van der Waals surface area (Å²) in [5.41, 5.74) is 1.21. The summed E-state index contributed by atoms with van der Waals surface area (Å²) < 4.78 is 35.0. The Hall–Kier alpha value is -0.950. The van der Waals surface area contributed by atoms with Gasteiger partial charge in [0.25, 0.3) is 10.2 Å². The molecule has 1 aromatic carbocycles. The first-order valence-corrected chi connectivity index (χ1v) is 9.31. The summed E-state index contributed by atoms with van der Waals surface area (Å²) in [5, 5.41) is 0. The van der Waals surface area contributed by atoms with Gasteiger partial charge in [-0.1, -0.05) is 30.3 Å². The zero-order valence-electron chi connectivity index (χ0n) is 13.2. The summed E-state index contributed by atoms with van der Waals surface area (Å²) in [7, 11) is -3.45. The second kappa shape index (κ2) is 5.92. The molecule has 0 bridgehead atoms. The first kappa shape index (κ1) is 15.9. The predicted octanol–water partition coefficient (Wildman–Crippen LogP) is 1.66. The molecule has 0 unspecified atom stereocenters. The molecule has 2 atom stereocenters. The number of ether oxygens (including phenoxy) is 1. The molecule has 2 aliphatic rings. The number of hydrogen-bond acceptors (Lipinski definition) is 3. The average molecular weight is 324 g/mol. The van der Waals surface area contributed by atoms with E-state index in [0.29, 0.717) is 19.6 Å². The van der Waals surface area contributed by atoms with E-state index in [4.69, 9.17) is 4.74 Å². The molecule has 6 heteroatoms. The van der Waals surface area contributed by atoms with Crippen LogP contribution in [0.5, 0.6) is 0 Å². The smallest absolute Gasteiger partial charge is 0.279 e. The SMILES string of the molecule is C[C@H]1CN(S(=O)(=O)NCC2(c3ccccc3)CC2)C[C@H](C)O1. The Bertz CT molecular complexity index is 604. The zero-order chi connectivity index (χ0) is 15.8. The highest BCUT2D eigenvalue weighted by molar-refractivity contribution is 7.87. The van der Waals surface area contributed by atoms with E-state index in [2.05, 4.69) is 16.9 Å². The van der Waals surface area contributed by atoms with Gasteiger partial charge in [-0.05, 0) is 32.3 Å². The van der Waals surface area contributed by atoms with Gasteiger partial charge in [-0.3, -0.25) is 0 Å². The standard InChI is InChI=1S/C16H24N2O3S/c1-13-10-18(11-14(2)21-13)22(19,20)17-12-16(8-9-16)15-6-4-3-5-7-15/h3-7,13-14,17H,8-12H2,1-2H3/t13-,14-/m0/s1. The van der Waals surface area contributed by atoms with Crippen LogP contribution in [0.15, 0.2) is 30.3 Å². The van der Waals surface area contributed by atoms with Crippen LogP contribution in [0, 0.1) is 0 Å². The monoisotopic (exact) mass is 324 g/mol. The highest BCUT2D eigenvalue weighted by Gasteiger charge is 2.45. The van der Waals surface area contributed by atoms with E-state index in [0.717, 1.165) is 12.8 Å². The molecule has 0 radical (unpaired) electrons. The van der Waals surface area contributed by atoms with Gasteiger partial charge in [0.1, 0.15) is 0 Å². The van der Waals surface area contributed by atoms with E-state index in [-0.39, 0.29) is 17.6 Å². The van der Waals surface area contributed by atoms with Gasteiger partial charge in [-0.25, -0.2) is 4.72 Å². The van der Waals surface area contributed by atoms with Gasteiger partial charge in [-0.2, -0.15) is 12.7 Å². The molecule has 5 nitrogen and oxygen atoms in total. The van der Waals surface area contributed by atoms with E-state index in [1.54, 1.807) is 0 Å². The lowest BCUT2D eigenvalue weighted by Gasteiger charge is -2.34. The molecule has 1 N–H and O–H groups in total. The maximum absolute atomic E-state index is 12.5. The van der Waals surface area contributed by atoms with E-state index in [9.17, 15) is 8.42 Å². The van der Waals surface area contributed by atoms with Gasteiger partial charge in [0.2, 0.25) is 0 Å². The van der Waals surface area contributed by atoms with Crippen LogP contribution in [0.4, 0.5) is 0 Å². The second-order valence-corrected chi connectivity index (χ2v) is 8.30. The number of morpholine rings is 1. The van der Waals surface area contributed by atoms with Crippen molar-refractivity contribution in [3.63, 3.8) is 0 Å². The lowest BCUT2D eigenvalue weighted by molar-refractivity contribution is -0.0444. The van der Waals surface area contributed by atoms with Gasteiger partial charge < -0.3 is 4.74 Å². The van der Waals surface area contributed by atoms with Crippen molar-refractivity contribution < 1.29 is 13.2 Å². The Kier molecular flexibility index (Phi) is 4.29. The fourth-order valence-electron chi connectivity index (χ4n) is 3.16. The molecule has 1 heterocycles. The van der Waals surface area contributed by atoms with Gasteiger partial charge in [0.05, 0.1) is 12.2 Å². The second-order valence-electron chi connectivity index (χ2n) is 6.55. The molecule has 0 amide bonds. The molecule has 1 aliphatic heterocycles. The summed E-state index contributed by atoms with van der Waals surface area (Å²) in [6.07, 6.45) is 1.94. The third-order valence-corrected chi connectivity index (χ3v) is 6.05. The third kappa shape index (κ3) is 3.35. The molecule has 1 saturated heterocycles. The van der Waals surface area contributed by atoms with Crippen LogP contribution in [-0.2, 0) is 20.4 Å². The first-order valence-electron chi connectivity index (χ1n) is 7.87. The molecule has 1 aromatic rings. The molecule has 0 spiro atoms. The Balaban J connectivity index is 1.66. The van der Waals surface area contributed by atoms with Crippen molar-refractivity contribution >= 4 is 10.2 Å². The number of benzene rings is 1. The van der Waals surface area contributed by atoms with Crippen LogP contribution < -0.4 is 4.72 Å². The van der Waals surface area contributed by atoms with Crippen molar-refractivity contribution in [1.82, 2.24) is 9.03 Å². The maximum Gasteiger partial charge on any atom is 0.279 e. The number of rotatable bonds is 5. The van der Waals surface area contributed by atoms with Gasteiger partial charge >= 0.3 is 0 Å². The molecule has 22 heavy (non-hydrogen) atoms. The van der Waals surface area contributed by atoms with Crippen molar-refractivity contribution in [1.29, 1.82) is 0 Å². The lowest BCUT2D eigenvalue weighted by Crippen LogP contribution is -2.52. The van der Waals surface area contributed by atoms with Crippen LogP contribution in [0.1, 0.15) is 32.3 Å². The van der Waals surface area contributed by atoms with Crippen LogP contribution in [0.25, 0.3) is 0 Å². The zero-order valence-corrected chi connectivity index (χ0v) is 14.0. The normalized spacial score (nSPS) is 28.5. The van der Waals surface area contributed by atoms with Crippen molar-refractivity contribution in [2.45, 2.75) is 44.3 Å². The topological polar surface area (TPSA) is 58.6 Å². The van der Waals surface area contributed by atoms with Crippen molar-refractivity contribution in [2.75, 3.05) is 19.6 Å². The largest absolute Gasteiger partial charge is 0.373 e. The number of nitrogens with one attached hydrogen (secondary N) is 1. The highest BCUT2D eigenvalue weighted by Crippen LogP contribution is 2.47. The van der Waals surface area contributed by atoms with Crippen molar-refractivity contribution in [3.05, 3.63) is 35.9 Å². The van der Waals surface area contributed by atoms with Crippen LogP contribution in [0.2, 0.25) is 0 Å². The van der Waals surface area contributed by atoms with E-state index in [1.807, 2.05) is 32.0 Å². The van der Waals surface area contributed by atoms with E-state index >= 15 is 0 Å². The summed E-state index contributed by atoms with van der Waals surface area (Å²) >= 11 is 0. The van der Waals surface area contributed by atoms with E-state index in [1.165, 1.54) is 9.87 Å². The highest BCUT2D eigenvalue weighted by atomic mass is 32.2. The number of nitrogens with zero attached hydrogens (tertiary/aromatic N) is 1. The molecule has 1 aliphatic carbocycles. The summed E-state index contributed by atoms with van der Waals surface area (Å²) in [4.78, 5) is 0. The van der Waals surface area contributed by atoms with Crippen LogP contribution >= 0.6 is 0 Å². The van der Waals surface area contributed by atoms with Crippen LogP contribution in [-0.4, -0.2) is 44.6 Å². The maximum atomic E-state index is 12.5. The Morgan fingerprint density at radius 3 is 2.32 bits per heavy atom. The first-order chi connectivity index (χ1) is 10.4. The van der Waals surface area contributed by atoms with Gasteiger partial charge in [0, 0.05) is 25.0 Å². The van der Waals surface area contributed by atoms with Gasteiger partial charge in [-0.15, -0.1) is 0 Å². The Morgan fingerprint density at radius 2 is 1.77 bits per heavy atom. The quantitative estimate of drug-likeness (QED) is 0.896. The summed E-state index contributed by atoms with van der Waals surface area (Å²) in [6, 6.07) is 10.2. The fraction of sp³-hybridized carbons (Fsp3) is 0.625. The van der Waals surface area contributed by atoms with Crippen LogP contribution in [0.3, 0.4) is 0 Å². The summed E-state index contributed by atoms with van der Waals surface area (Å²) in [6.45, 7) is 5.12. The molecule has 3 rings (SSSR count). The Labute approximate surface area is 132 Å². The molecule has 122 valence electrons. The molecular formula is C16H24N2O3S. The summed E-state index contributed by atoms with van der Waals surface area (Å²) in [5.74, 6) is 0. The lowest BCUT2D eigenvalue weighted by atomic mass is 9.96. The minimum atomic E-state index is -3.45. The Morgan fingerprint density at radius 1 is 1.18 bits per heavy atom. The average Bonchev–Trinajstić information content (AvgIpc) is 3.27. The molecule has 1 saturated carbocycles. The fourth-order valence-corrected chi connectivity index (χ4v) is 4.61. The van der Waals surface area contributed by atoms with Gasteiger partial charge in [0.15, 0.2) is 0 Å². The molecule has 2 fully saturated rings. The predicted molar refractivity (Wildman–Crippen MR) is 85.9 cm³/mol. The number of hydrogen-bond donors (Lipinski definition) is 1. The van der Waals surface area contributed by atoms with Crippen molar-refractivity contribution in [3.8, 4) is 0 Å². The molecule has 0 aromatic heterocycles.